The molecular weight excluding hydrogens is 396 g/mol. The summed E-state index contributed by atoms with van der Waals surface area (Å²) in [6.07, 6.45) is -4.81. The molecule has 0 aliphatic carbocycles. The van der Waals surface area contributed by atoms with E-state index in [1.807, 2.05) is 0 Å². The number of carbonyl (C=O) groups is 4. The third kappa shape index (κ3) is 7.27. The molecule has 9 heteroatoms. The van der Waals surface area contributed by atoms with E-state index in [2.05, 4.69) is 0 Å². The zero-order chi connectivity index (χ0) is 23.2. The molecule has 9 nitrogen and oxygen atoms in total. The highest BCUT2D eigenvalue weighted by Crippen LogP contribution is 2.27. The van der Waals surface area contributed by atoms with Gasteiger partial charge < -0.3 is 23.7 Å². The van der Waals surface area contributed by atoms with Gasteiger partial charge in [0.05, 0.1) is 30.3 Å². The molecule has 1 rings (SSSR count). The van der Waals surface area contributed by atoms with Crippen molar-refractivity contribution >= 4 is 23.9 Å². The van der Waals surface area contributed by atoms with Gasteiger partial charge >= 0.3 is 23.9 Å². The van der Waals surface area contributed by atoms with Crippen LogP contribution in [0.4, 0.5) is 0 Å². The van der Waals surface area contributed by atoms with Crippen LogP contribution in [0.25, 0.3) is 0 Å². The lowest BCUT2D eigenvalue weighted by Gasteiger charge is -2.40. The molecule has 1 fully saturated rings. The number of rotatable bonds is 8. The van der Waals surface area contributed by atoms with Crippen LogP contribution in [0, 0.1) is 23.7 Å². The van der Waals surface area contributed by atoms with E-state index in [-0.39, 0.29) is 6.61 Å². The summed E-state index contributed by atoms with van der Waals surface area (Å²) in [5.41, 5.74) is 0. The van der Waals surface area contributed by atoms with Gasteiger partial charge in [-0.15, -0.1) is 0 Å². The molecule has 1 heterocycles. The zero-order valence-electron chi connectivity index (χ0n) is 19.0. The van der Waals surface area contributed by atoms with Crippen molar-refractivity contribution in [1.82, 2.24) is 0 Å². The molecule has 1 aliphatic heterocycles. The standard InChI is InChI=1S/C21H34O9/c1-10(2)17(22)27-14-9-26-21(30-20(25)13(7)8)16(29-19(24)12(5)6)15(14)28-18(23)11(3)4/h10-16,21H,9H2,1-8H3/t14-,15-,16+,21-/m0/s1. The first kappa shape index (κ1) is 25.9. The molecule has 4 atom stereocenters. The number of hydrogen-bond donors (Lipinski definition) is 0. The van der Waals surface area contributed by atoms with Gasteiger partial charge in [0.2, 0.25) is 12.4 Å². The van der Waals surface area contributed by atoms with Crippen LogP contribution in [0.5, 0.6) is 0 Å². The molecule has 30 heavy (non-hydrogen) atoms. The molecule has 0 spiro atoms. The Morgan fingerprint density at radius 2 is 0.967 bits per heavy atom. The number of ether oxygens (including phenoxy) is 5. The maximum Gasteiger partial charge on any atom is 0.310 e. The average Bonchev–Trinajstić information content (AvgIpc) is 2.64. The summed E-state index contributed by atoms with van der Waals surface area (Å²) in [4.78, 5) is 48.9. The minimum Gasteiger partial charge on any atom is -0.456 e. The fourth-order valence-corrected chi connectivity index (χ4v) is 2.29. The van der Waals surface area contributed by atoms with Crippen LogP contribution in [-0.2, 0) is 42.9 Å². The third-order valence-corrected chi connectivity index (χ3v) is 4.27. The molecule has 0 aromatic carbocycles. The van der Waals surface area contributed by atoms with Crippen LogP contribution >= 0.6 is 0 Å². The second kappa shape index (κ2) is 11.3. The Balaban J connectivity index is 3.25. The normalized spacial score (nSPS) is 24.1. The van der Waals surface area contributed by atoms with E-state index in [0.717, 1.165) is 0 Å². The fourth-order valence-electron chi connectivity index (χ4n) is 2.29. The van der Waals surface area contributed by atoms with E-state index in [4.69, 9.17) is 23.7 Å². The molecule has 1 aliphatic rings. The van der Waals surface area contributed by atoms with Gasteiger partial charge in [-0.2, -0.15) is 0 Å². The van der Waals surface area contributed by atoms with Crippen molar-refractivity contribution in [3.8, 4) is 0 Å². The second-order valence-corrected chi connectivity index (χ2v) is 8.54. The van der Waals surface area contributed by atoms with Gasteiger partial charge in [-0.1, -0.05) is 55.4 Å². The first-order valence-corrected chi connectivity index (χ1v) is 10.3. The Bertz CT molecular complexity index is 570. The van der Waals surface area contributed by atoms with Crippen LogP contribution in [0.3, 0.4) is 0 Å². The summed E-state index contributed by atoms with van der Waals surface area (Å²) in [6.45, 7) is 13.0. The van der Waals surface area contributed by atoms with E-state index < -0.39 is 72.2 Å². The molecule has 0 aromatic heterocycles. The molecular formula is C21H34O9. The van der Waals surface area contributed by atoms with Crippen molar-refractivity contribution in [1.29, 1.82) is 0 Å². The van der Waals surface area contributed by atoms with Gasteiger partial charge in [-0.25, -0.2) is 0 Å². The minimum absolute atomic E-state index is 0.194. The number of carbonyl (C=O) groups excluding carboxylic acids is 4. The highest BCUT2D eigenvalue weighted by Gasteiger charge is 2.50. The van der Waals surface area contributed by atoms with Crippen molar-refractivity contribution in [2.45, 2.75) is 80.0 Å². The Morgan fingerprint density at radius 3 is 1.40 bits per heavy atom. The fraction of sp³-hybridized carbons (Fsp3) is 0.810. The SMILES string of the molecule is CC(C)C(=O)O[C@@H]1OC[C@H](OC(=O)C(C)C)[C@H](OC(=O)C(C)C)[C@H]1OC(=O)C(C)C. The van der Waals surface area contributed by atoms with Gasteiger partial charge in [0.25, 0.3) is 0 Å². The zero-order valence-corrected chi connectivity index (χ0v) is 19.0. The van der Waals surface area contributed by atoms with Crippen molar-refractivity contribution < 1.29 is 42.9 Å². The van der Waals surface area contributed by atoms with E-state index in [0.29, 0.717) is 0 Å². The van der Waals surface area contributed by atoms with Crippen molar-refractivity contribution in [2.75, 3.05) is 6.61 Å². The minimum atomic E-state index is -1.30. The average molecular weight is 430 g/mol. The quantitative estimate of drug-likeness (QED) is 0.422. The van der Waals surface area contributed by atoms with Crippen LogP contribution in [0.1, 0.15) is 55.4 Å². The maximum absolute atomic E-state index is 12.3. The smallest absolute Gasteiger partial charge is 0.310 e. The molecule has 172 valence electrons. The lowest BCUT2D eigenvalue weighted by Crippen LogP contribution is -2.59. The lowest BCUT2D eigenvalue weighted by molar-refractivity contribution is -0.278. The first-order chi connectivity index (χ1) is 13.8. The highest BCUT2D eigenvalue weighted by molar-refractivity contribution is 5.74. The van der Waals surface area contributed by atoms with Gasteiger partial charge in [0.15, 0.2) is 12.2 Å². The Hall–Kier alpha value is -2.16. The van der Waals surface area contributed by atoms with Crippen LogP contribution in [0.15, 0.2) is 0 Å². The Morgan fingerprint density at radius 1 is 0.600 bits per heavy atom. The monoisotopic (exact) mass is 430 g/mol. The summed E-state index contributed by atoms with van der Waals surface area (Å²) < 4.78 is 27.4. The van der Waals surface area contributed by atoms with Gasteiger partial charge in [-0.05, 0) is 0 Å². The Kier molecular flexibility index (Phi) is 9.74. The molecule has 0 bridgehead atoms. The van der Waals surface area contributed by atoms with Crippen molar-refractivity contribution in [2.24, 2.45) is 23.7 Å². The Labute approximate surface area is 177 Å². The van der Waals surface area contributed by atoms with Crippen molar-refractivity contribution in [3.63, 3.8) is 0 Å². The van der Waals surface area contributed by atoms with Gasteiger partial charge in [-0.3, -0.25) is 19.2 Å². The summed E-state index contributed by atoms with van der Waals surface area (Å²) in [5.74, 6) is -4.14. The molecule has 0 amide bonds. The largest absolute Gasteiger partial charge is 0.456 e. The van der Waals surface area contributed by atoms with E-state index in [1.165, 1.54) is 0 Å². The topological polar surface area (TPSA) is 114 Å². The first-order valence-electron chi connectivity index (χ1n) is 10.3. The van der Waals surface area contributed by atoms with Crippen LogP contribution in [-0.4, -0.2) is 55.1 Å². The van der Waals surface area contributed by atoms with Crippen LogP contribution < -0.4 is 0 Å². The highest BCUT2D eigenvalue weighted by atomic mass is 16.7. The predicted octanol–water partition coefficient (Wildman–Crippen LogP) is 2.25. The van der Waals surface area contributed by atoms with Gasteiger partial charge in [0.1, 0.15) is 0 Å². The molecule has 0 unspecified atom stereocenters. The molecule has 0 N–H and O–H groups in total. The summed E-state index contributed by atoms with van der Waals surface area (Å²) in [6, 6.07) is 0. The molecule has 1 saturated heterocycles. The molecule has 0 radical (unpaired) electrons. The third-order valence-electron chi connectivity index (χ3n) is 4.27. The van der Waals surface area contributed by atoms with Gasteiger partial charge in [0, 0.05) is 0 Å². The van der Waals surface area contributed by atoms with Crippen LogP contribution in [0.2, 0.25) is 0 Å². The van der Waals surface area contributed by atoms with E-state index in [9.17, 15) is 19.2 Å². The predicted molar refractivity (Wildman–Crippen MR) is 105 cm³/mol. The number of esters is 4. The lowest BCUT2D eigenvalue weighted by atomic mass is 10.0. The maximum atomic E-state index is 12.3. The summed E-state index contributed by atoms with van der Waals surface area (Å²) in [7, 11) is 0. The molecule has 0 saturated carbocycles. The molecule has 0 aromatic rings. The summed E-state index contributed by atoms with van der Waals surface area (Å²) >= 11 is 0. The second-order valence-electron chi connectivity index (χ2n) is 8.54. The van der Waals surface area contributed by atoms with E-state index in [1.54, 1.807) is 55.4 Å². The summed E-state index contributed by atoms with van der Waals surface area (Å²) in [5, 5.41) is 0. The number of hydrogen-bond acceptors (Lipinski definition) is 9. The van der Waals surface area contributed by atoms with E-state index >= 15 is 0 Å². The van der Waals surface area contributed by atoms with Crippen molar-refractivity contribution in [3.05, 3.63) is 0 Å².